The largest absolute Gasteiger partial charge is 0.460 e. The highest BCUT2D eigenvalue weighted by molar-refractivity contribution is 8.33. The number of hydrogen-bond acceptors (Lipinski definition) is 4. The number of unbranched alkanes of at least 4 members (excludes halogenated alkanes) is 1. The zero-order valence-corrected chi connectivity index (χ0v) is 18.9. The molecule has 0 radical (unpaired) electrons. The van der Waals surface area contributed by atoms with E-state index in [1.165, 1.54) is 0 Å². The minimum Gasteiger partial charge on any atom is -0.299 e. The number of hydrogen-bond donors (Lipinski definition) is 0. The SMILES string of the molecule is CCCCC(=O)CS(C)(OS(=O)(=O)C(F)(F)C(F)(F)C(F)(F)C(F)(F)F)C1CCCCC1. The van der Waals surface area contributed by atoms with E-state index in [2.05, 4.69) is 3.63 Å². The Labute approximate surface area is 181 Å². The van der Waals surface area contributed by atoms with E-state index in [0.29, 0.717) is 32.1 Å². The summed E-state index contributed by atoms with van der Waals surface area (Å²) in [6.45, 7) is 1.73. The maximum Gasteiger partial charge on any atom is 0.460 e. The van der Waals surface area contributed by atoms with Gasteiger partial charge in [0, 0.05) is 11.7 Å². The maximum absolute atomic E-state index is 14.1. The first-order valence-electron chi connectivity index (χ1n) is 9.69. The Balaban J connectivity index is 3.38. The molecule has 4 nitrogen and oxygen atoms in total. The van der Waals surface area contributed by atoms with Crippen molar-refractivity contribution in [2.45, 2.75) is 86.8 Å². The van der Waals surface area contributed by atoms with Gasteiger partial charge in [0.25, 0.3) is 0 Å². The standard InChI is InChI=1S/C17H25F9O4S2/c1-3-4-8-12(27)11-31(2,13-9-6-5-7-10-13)30-32(28,29)17(25,26)15(20,21)14(18,19)16(22,23)24/h13H,3-11H2,1-2H3. The monoisotopic (exact) mass is 528 g/mol. The maximum atomic E-state index is 14.1. The fraction of sp³-hybridized carbons (Fsp3) is 0.941. The fourth-order valence-corrected chi connectivity index (χ4v) is 8.70. The number of carbonyl (C=O) groups excluding carboxylic acids is 1. The van der Waals surface area contributed by atoms with Crippen LogP contribution in [0.1, 0.15) is 58.3 Å². The van der Waals surface area contributed by atoms with E-state index in [0.717, 1.165) is 6.26 Å². The summed E-state index contributed by atoms with van der Waals surface area (Å²) in [6, 6.07) is 0. The predicted octanol–water partition coefficient (Wildman–Crippen LogP) is 6.20. The van der Waals surface area contributed by atoms with E-state index < -0.39 is 60.5 Å². The van der Waals surface area contributed by atoms with Crippen molar-refractivity contribution in [2.75, 3.05) is 12.0 Å². The van der Waals surface area contributed by atoms with E-state index in [4.69, 9.17) is 0 Å². The highest BCUT2D eigenvalue weighted by atomic mass is 32.3. The van der Waals surface area contributed by atoms with Crippen molar-refractivity contribution in [1.82, 2.24) is 0 Å². The lowest BCUT2D eigenvalue weighted by Gasteiger charge is -2.44. The minimum atomic E-state index is -7.37. The second-order valence-electron chi connectivity index (χ2n) is 7.80. The van der Waals surface area contributed by atoms with Gasteiger partial charge in [-0.3, -0.25) is 4.79 Å². The number of alkyl halides is 9. The molecule has 15 heteroatoms. The Hall–Kier alpha value is -0.700. The van der Waals surface area contributed by atoms with Gasteiger partial charge in [-0.15, -0.1) is 10.3 Å². The zero-order chi connectivity index (χ0) is 25.2. The molecule has 1 aliphatic carbocycles. The van der Waals surface area contributed by atoms with Crippen molar-refractivity contribution in [2.24, 2.45) is 0 Å². The van der Waals surface area contributed by atoms with Crippen molar-refractivity contribution < 1.29 is 56.4 Å². The van der Waals surface area contributed by atoms with E-state index in [1.807, 2.05) is 0 Å². The minimum absolute atomic E-state index is 0.0894. The van der Waals surface area contributed by atoms with Crippen molar-refractivity contribution in [1.29, 1.82) is 0 Å². The molecule has 0 saturated heterocycles. The van der Waals surface area contributed by atoms with Gasteiger partial charge >= 0.3 is 33.4 Å². The Morgan fingerprint density at radius 2 is 1.41 bits per heavy atom. The van der Waals surface area contributed by atoms with E-state index in [9.17, 15) is 52.7 Å². The topological polar surface area (TPSA) is 60.4 Å². The molecule has 192 valence electrons. The van der Waals surface area contributed by atoms with Gasteiger partial charge in [-0.25, -0.2) is 3.63 Å². The van der Waals surface area contributed by atoms with Crippen LogP contribution in [0.25, 0.3) is 0 Å². The summed E-state index contributed by atoms with van der Waals surface area (Å²) in [7, 11) is -10.4. The van der Waals surface area contributed by atoms with E-state index >= 15 is 0 Å². The third kappa shape index (κ3) is 5.68. The first-order valence-corrected chi connectivity index (χ1v) is 13.3. The molecular weight excluding hydrogens is 503 g/mol. The second kappa shape index (κ2) is 9.88. The van der Waals surface area contributed by atoms with Crippen LogP contribution in [0.5, 0.6) is 0 Å². The Bertz CT molecular complexity index is 762. The van der Waals surface area contributed by atoms with Crippen LogP contribution in [-0.4, -0.2) is 54.7 Å². The molecule has 32 heavy (non-hydrogen) atoms. The van der Waals surface area contributed by atoms with Crippen molar-refractivity contribution in [3.63, 3.8) is 0 Å². The quantitative estimate of drug-likeness (QED) is 0.300. The normalized spacial score (nSPS) is 20.6. The van der Waals surface area contributed by atoms with Crippen LogP contribution < -0.4 is 0 Å². The zero-order valence-electron chi connectivity index (χ0n) is 17.3. The molecule has 0 amide bonds. The molecular formula is C17H25F9O4S2. The summed E-state index contributed by atoms with van der Waals surface area (Å²) in [5, 5.41) is -7.74. The lowest BCUT2D eigenvalue weighted by atomic mass is 10.0. The summed E-state index contributed by atoms with van der Waals surface area (Å²) in [5.74, 6) is -16.1. The predicted molar refractivity (Wildman–Crippen MR) is 101 cm³/mol. The lowest BCUT2D eigenvalue weighted by molar-refractivity contribution is -0.382. The number of carbonyl (C=O) groups is 1. The molecule has 0 aliphatic heterocycles. The number of Topliss-reactive ketones (excluding diaryl/α,β-unsaturated/α-hetero) is 1. The average Bonchev–Trinajstić information content (AvgIpc) is 2.65. The van der Waals surface area contributed by atoms with Crippen LogP contribution in [0.3, 0.4) is 0 Å². The van der Waals surface area contributed by atoms with Gasteiger partial charge < -0.3 is 0 Å². The number of halogens is 9. The third-order valence-electron chi connectivity index (χ3n) is 5.19. The summed E-state index contributed by atoms with van der Waals surface area (Å²) < 4.78 is 147. The summed E-state index contributed by atoms with van der Waals surface area (Å²) in [6.07, 6.45) is -3.31. The Morgan fingerprint density at radius 1 is 0.906 bits per heavy atom. The molecule has 1 rings (SSSR count). The van der Waals surface area contributed by atoms with Crippen LogP contribution in [0, 0.1) is 0 Å². The van der Waals surface area contributed by atoms with Gasteiger partial charge in [0.1, 0.15) is 5.78 Å². The van der Waals surface area contributed by atoms with Crippen molar-refractivity contribution >= 4 is 26.2 Å². The lowest BCUT2D eigenvalue weighted by Crippen LogP contribution is -2.63. The van der Waals surface area contributed by atoms with Crippen LogP contribution >= 0.6 is 10.3 Å². The first-order chi connectivity index (χ1) is 14.3. The molecule has 0 aromatic rings. The summed E-state index contributed by atoms with van der Waals surface area (Å²) in [5.41, 5.74) is 0. The molecule has 1 aliphatic rings. The van der Waals surface area contributed by atoms with Gasteiger partial charge in [-0.1, -0.05) is 32.6 Å². The summed E-state index contributed by atoms with van der Waals surface area (Å²) in [4.78, 5) is 12.2. The van der Waals surface area contributed by atoms with Crippen molar-refractivity contribution in [3.8, 4) is 0 Å². The number of ketones is 1. The Morgan fingerprint density at radius 3 is 1.84 bits per heavy atom. The molecule has 1 fully saturated rings. The average molecular weight is 528 g/mol. The van der Waals surface area contributed by atoms with Gasteiger partial charge in [0.2, 0.25) is 0 Å². The first kappa shape index (κ1) is 29.3. The molecule has 1 unspecified atom stereocenters. The van der Waals surface area contributed by atoms with Crippen LogP contribution in [0.15, 0.2) is 0 Å². The highest BCUT2D eigenvalue weighted by Crippen LogP contribution is 2.61. The van der Waals surface area contributed by atoms with E-state index in [-0.39, 0.29) is 19.3 Å². The van der Waals surface area contributed by atoms with Crippen molar-refractivity contribution in [3.05, 3.63) is 0 Å². The number of rotatable bonds is 11. The molecule has 0 N–H and O–H groups in total. The van der Waals surface area contributed by atoms with Crippen LogP contribution in [0.2, 0.25) is 0 Å². The molecule has 0 aromatic carbocycles. The molecule has 1 saturated carbocycles. The highest BCUT2D eigenvalue weighted by Gasteiger charge is 2.86. The molecule has 0 aromatic heterocycles. The van der Waals surface area contributed by atoms with Crippen LogP contribution in [-0.2, 0) is 18.5 Å². The molecule has 0 spiro atoms. The second-order valence-corrected chi connectivity index (χ2v) is 12.9. The molecule has 1 atom stereocenters. The summed E-state index contributed by atoms with van der Waals surface area (Å²) >= 11 is 0. The van der Waals surface area contributed by atoms with Crippen LogP contribution in [0.4, 0.5) is 39.5 Å². The van der Waals surface area contributed by atoms with Gasteiger partial charge in [-0.05, 0) is 25.5 Å². The third-order valence-corrected chi connectivity index (χ3v) is 10.8. The van der Waals surface area contributed by atoms with E-state index in [1.54, 1.807) is 6.92 Å². The van der Waals surface area contributed by atoms with Gasteiger partial charge in [0.05, 0.1) is 5.75 Å². The Kier molecular flexibility index (Phi) is 9.06. The van der Waals surface area contributed by atoms with Gasteiger partial charge in [0.15, 0.2) is 0 Å². The molecule has 0 bridgehead atoms. The smallest absolute Gasteiger partial charge is 0.299 e. The molecule has 0 heterocycles. The fourth-order valence-electron chi connectivity index (χ4n) is 3.29. The van der Waals surface area contributed by atoms with Gasteiger partial charge in [-0.2, -0.15) is 47.9 Å².